The molecule has 4 rings (SSSR count). The molecule has 4 aliphatic rings. The van der Waals surface area contributed by atoms with Crippen molar-refractivity contribution in [3.63, 3.8) is 0 Å². The zero-order valence-electron chi connectivity index (χ0n) is 16.4. The van der Waals surface area contributed by atoms with Crippen molar-refractivity contribution in [1.82, 2.24) is 0 Å². The molecule has 27 heavy (non-hydrogen) atoms. The Morgan fingerprint density at radius 2 is 1.70 bits per heavy atom. The number of carbonyl (C=O) groups excluding carboxylic acids is 1. The molecule has 4 nitrogen and oxygen atoms in total. The van der Waals surface area contributed by atoms with Crippen LogP contribution in [0.4, 0.5) is 4.39 Å². The summed E-state index contributed by atoms with van der Waals surface area (Å²) in [6.07, 6.45) is 1.41. The zero-order valence-corrected chi connectivity index (χ0v) is 18.0. The van der Waals surface area contributed by atoms with Crippen molar-refractivity contribution in [3.8, 4) is 0 Å². The molecule has 0 aromatic carbocycles. The van der Waals surface area contributed by atoms with E-state index in [9.17, 15) is 20.1 Å². The lowest BCUT2D eigenvalue weighted by atomic mass is 9.43. The van der Waals surface area contributed by atoms with Gasteiger partial charge >= 0.3 is 0 Å². The largest absolute Gasteiger partial charge is 0.393 e. The number of fused-ring (bicyclic) bond motifs is 5. The average molecular weight is 447 g/mol. The van der Waals surface area contributed by atoms with Crippen molar-refractivity contribution < 1.29 is 24.5 Å². The quantitative estimate of drug-likeness (QED) is 0.540. The number of carbonyl (C=O) groups is 1. The SMILES string of the molecule is CC(=O)[C@@]1(O)[C@H](O)C[C@H]2[C@@H]3CC(F)[C@@]4(Br)C[C@H](O)CC[C@]4(C)[C@H]3CC[C@@]21C. The second-order valence-electron chi connectivity index (χ2n) is 10.3. The highest BCUT2D eigenvalue weighted by molar-refractivity contribution is 9.10. The fraction of sp³-hybridized carbons (Fsp3) is 0.952. The molecule has 0 saturated heterocycles. The van der Waals surface area contributed by atoms with Crippen LogP contribution in [0.15, 0.2) is 0 Å². The van der Waals surface area contributed by atoms with Crippen molar-refractivity contribution in [2.24, 2.45) is 28.6 Å². The van der Waals surface area contributed by atoms with E-state index >= 15 is 4.39 Å². The van der Waals surface area contributed by atoms with Crippen LogP contribution in [0, 0.1) is 28.6 Å². The van der Waals surface area contributed by atoms with Crippen LogP contribution in [-0.2, 0) is 4.79 Å². The molecule has 0 spiro atoms. The van der Waals surface area contributed by atoms with Crippen LogP contribution in [0.5, 0.6) is 0 Å². The maximum atomic E-state index is 15.6. The predicted octanol–water partition coefficient (Wildman–Crippen LogP) is 3.15. The van der Waals surface area contributed by atoms with E-state index in [1.54, 1.807) is 0 Å². The molecule has 3 N–H and O–H groups in total. The van der Waals surface area contributed by atoms with E-state index in [1.807, 2.05) is 6.92 Å². The fourth-order valence-electron chi connectivity index (χ4n) is 7.82. The molecule has 0 amide bonds. The molecule has 10 atom stereocenters. The molecule has 4 saturated carbocycles. The number of hydrogen-bond acceptors (Lipinski definition) is 4. The van der Waals surface area contributed by atoms with Gasteiger partial charge in [0.15, 0.2) is 11.4 Å². The second-order valence-corrected chi connectivity index (χ2v) is 11.7. The molecule has 4 aliphatic carbocycles. The van der Waals surface area contributed by atoms with Crippen molar-refractivity contribution in [3.05, 3.63) is 0 Å². The minimum absolute atomic E-state index is 0.0349. The molecular formula is C21H32BrFO4. The van der Waals surface area contributed by atoms with Crippen LogP contribution in [0.25, 0.3) is 0 Å². The Labute approximate surface area is 169 Å². The van der Waals surface area contributed by atoms with Gasteiger partial charge in [0.1, 0.15) is 6.17 Å². The minimum atomic E-state index is -1.74. The topological polar surface area (TPSA) is 77.8 Å². The molecule has 1 unspecified atom stereocenters. The lowest BCUT2D eigenvalue weighted by molar-refractivity contribution is -0.183. The predicted molar refractivity (Wildman–Crippen MR) is 103 cm³/mol. The van der Waals surface area contributed by atoms with Gasteiger partial charge in [-0.15, -0.1) is 0 Å². The highest BCUT2D eigenvalue weighted by Gasteiger charge is 2.72. The van der Waals surface area contributed by atoms with Crippen LogP contribution in [0.2, 0.25) is 0 Å². The standard InChI is InChI=1S/C21H32BrFO4/c1-11(24)21(27)17(26)9-15-13-8-16(23)20(22)10-12(25)4-6-18(20,2)14(13)5-7-19(15,21)3/h12-17,25-27H,4-10H2,1-3H3/t12-,13-,14+,15+,16?,17-,18-,19+,20+,21-/m1/s1. The summed E-state index contributed by atoms with van der Waals surface area (Å²) in [4.78, 5) is 12.3. The number of rotatable bonds is 1. The maximum absolute atomic E-state index is 15.6. The van der Waals surface area contributed by atoms with Crippen molar-refractivity contribution >= 4 is 21.7 Å². The number of alkyl halides is 2. The number of ketones is 1. The van der Waals surface area contributed by atoms with Gasteiger partial charge in [0.2, 0.25) is 0 Å². The Morgan fingerprint density at radius 3 is 2.33 bits per heavy atom. The summed E-state index contributed by atoms with van der Waals surface area (Å²) in [6.45, 7) is 5.43. The summed E-state index contributed by atoms with van der Waals surface area (Å²) in [5, 5.41) is 32.0. The molecule has 0 aliphatic heterocycles. The fourth-order valence-corrected chi connectivity index (χ4v) is 8.87. The Bertz CT molecular complexity index is 660. The molecule has 4 fully saturated rings. The van der Waals surface area contributed by atoms with Gasteiger partial charge in [-0.3, -0.25) is 4.79 Å². The van der Waals surface area contributed by atoms with Crippen molar-refractivity contribution in [2.75, 3.05) is 0 Å². The minimum Gasteiger partial charge on any atom is -0.393 e. The first kappa shape index (κ1) is 20.2. The van der Waals surface area contributed by atoms with Crippen LogP contribution >= 0.6 is 15.9 Å². The summed E-state index contributed by atoms with van der Waals surface area (Å²) in [5.74, 6) is -0.157. The Kier molecular flexibility index (Phi) is 4.49. The lowest BCUT2D eigenvalue weighted by Crippen LogP contribution is -2.66. The maximum Gasteiger partial charge on any atom is 0.164 e. The van der Waals surface area contributed by atoms with Gasteiger partial charge in [-0.1, -0.05) is 29.8 Å². The highest BCUT2D eigenvalue weighted by atomic mass is 79.9. The van der Waals surface area contributed by atoms with Crippen molar-refractivity contribution in [2.45, 2.75) is 94.0 Å². The van der Waals surface area contributed by atoms with Crippen LogP contribution in [-0.4, -0.2) is 49.4 Å². The van der Waals surface area contributed by atoms with Crippen LogP contribution in [0.3, 0.4) is 0 Å². The average Bonchev–Trinajstić information content (AvgIpc) is 2.80. The van der Waals surface area contributed by atoms with E-state index < -0.39 is 33.7 Å². The van der Waals surface area contributed by atoms with E-state index in [1.165, 1.54) is 6.92 Å². The van der Waals surface area contributed by atoms with E-state index in [0.717, 1.165) is 12.8 Å². The summed E-state index contributed by atoms with van der Waals surface area (Å²) >= 11 is 3.75. The van der Waals surface area contributed by atoms with Crippen LogP contribution < -0.4 is 0 Å². The van der Waals surface area contributed by atoms with Crippen molar-refractivity contribution in [1.29, 1.82) is 0 Å². The molecule has 0 radical (unpaired) electrons. The van der Waals surface area contributed by atoms with Gasteiger partial charge in [0, 0.05) is 5.41 Å². The van der Waals surface area contributed by atoms with Gasteiger partial charge < -0.3 is 15.3 Å². The molecule has 6 heteroatoms. The third-order valence-electron chi connectivity index (χ3n) is 9.47. The third-order valence-corrected chi connectivity index (χ3v) is 11.2. The number of aliphatic hydroxyl groups is 3. The number of halogens is 2. The van der Waals surface area contributed by atoms with Gasteiger partial charge in [0.25, 0.3) is 0 Å². The van der Waals surface area contributed by atoms with Gasteiger partial charge in [-0.25, -0.2) is 4.39 Å². The highest BCUT2D eigenvalue weighted by Crippen LogP contribution is 2.71. The van der Waals surface area contributed by atoms with E-state index in [4.69, 9.17) is 0 Å². The monoisotopic (exact) mass is 446 g/mol. The second kappa shape index (κ2) is 5.99. The smallest absolute Gasteiger partial charge is 0.164 e. The van der Waals surface area contributed by atoms with E-state index in [2.05, 4.69) is 22.9 Å². The summed E-state index contributed by atoms with van der Waals surface area (Å²) in [6, 6.07) is 0. The molecule has 154 valence electrons. The number of aliphatic hydroxyl groups excluding tert-OH is 2. The van der Waals surface area contributed by atoms with Gasteiger partial charge in [-0.2, -0.15) is 0 Å². The number of hydrogen-bond donors (Lipinski definition) is 3. The van der Waals surface area contributed by atoms with Crippen LogP contribution in [0.1, 0.15) is 65.7 Å². The molecular weight excluding hydrogens is 415 g/mol. The number of Topliss-reactive ketones (excluding diaryl/α,β-unsaturated/α-hetero) is 1. The molecule has 0 aromatic rings. The lowest BCUT2D eigenvalue weighted by Gasteiger charge is -2.65. The summed E-state index contributed by atoms with van der Waals surface area (Å²) < 4.78 is 14.9. The Hall–Kier alpha value is -0.0400. The normalized spacial score (nSPS) is 60.3. The first-order valence-corrected chi connectivity index (χ1v) is 11.1. The Morgan fingerprint density at radius 1 is 1.07 bits per heavy atom. The summed E-state index contributed by atoms with van der Waals surface area (Å²) in [5.41, 5.74) is -2.73. The zero-order chi connectivity index (χ0) is 20.0. The van der Waals surface area contributed by atoms with Gasteiger partial charge in [-0.05, 0) is 75.0 Å². The molecule has 0 bridgehead atoms. The van der Waals surface area contributed by atoms with E-state index in [-0.39, 0.29) is 29.0 Å². The Balaban J connectivity index is 1.74. The molecule has 0 heterocycles. The first-order valence-electron chi connectivity index (χ1n) is 10.3. The van der Waals surface area contributed by atoms with E-state index in [0.29, 0.717) is 32.1 Å². The summed E-state index contributed by atoms with van der Waals surface area (Å²) in [7, 11) is 0. The molecule has 0 aromatic heterocycles. The van der Waals surface area contributed by atoms with Gasteiger partial charge in [0.05, 0.1) is 16.5 Å². The first-order chi connectivity index (χ1) is 12.4. The third kappa shape index (κ3) is 2.27.